The van der Waals surface area contributed by atoms with Gasteiger partial charge in [-0.1, -0.05) is 0 Å². The van der Waals surface area contributed by atoms with Gasteiger partial charge in [0.1, 0.15) is 0 Å². The first kappa shape index (κ1) is 14.7. The predicted molar refractivity (Wildman–Crippen MR) is 52.9 cm³/mol. The van der Waals surface area contributed by atoms with Crippen LogP contribution in [0.4, 0.5) is 0 Å². The predicted octanol–water partition coefficient (Wildman–Crippen LogP) is 0.671. The molecule has 0 spiro atoms. The summed E-state index contributed by atoms with van der Waals surface area (Å²) in [6.07, 6.45) is 3.97. The molecule has 0 aromatic rings. The molecule has 0 bridgehead atoms. The van der Waals surface area contributed by atoms with Crippen molar-refractivity contribution in [1.82, 2.24) is 9.80 Å². The zero-order valence-corrected chi connectivity index (χ0v) is 12.1. The summed E-state index contributed by atoms with van der Waals surface area (Å²) < 4.78 is 0. The summed E-state index contributed by atoms with van der Waals surface area (Å²) in [5.41, 5.74) is -0.360. The Labute approximate surface area is 112 Å². The molecule has 1 aliphatic rings. The molecule has 0 aliphatic carbocycles. The van der Waals surface area contributed by atoms with Crippen molar-refractivity contribution in [1.29, 1.82) is 0 Å². The molecule has 14 heavy (non-hydrogen) atoms. The van der Waals surface area contributed by atoms with Gasteiger partial charge in [0.25, 0.3) is 0 Å². The number of hydrogen-bond donors (Lipinski definition) is 0. The van der Waals surface area contributed by atoms with Crippen LogP contribution in [-0.2, 0) is 37.5 Å². The Kier molecular flexibility index (Phi) is 6.63. The molecule has 0 N–H and O–H groups in total. The van der Waals surface area contributed by atoms with Crippen LogP contribution >= 0.6 is 0 Å². The first-order chi connectivity index (χ1) is 6.14. The molecular formula is C10H18N2OY-2. The monoisotopic (exact) mass is 271 g/mol. The number of likely N-dealkylation sites (tertiary alicyclic amines) is 1. The summed E-state index contributed by atoms with van der Waals surface area (Å²) in [6, 6.07) is 0. The second-order valence-electron chi connectivity index (χ2n) is 3.81. The van der Waals surface area contributed by atoms with Gasteiger partial charge in [0.05, 0.1) is 0 Å². The molecule has 0 unspecified atom stereocenters. The van der Waals surface area contributed by atoms with Gasteiger partial charge >= 0.3 is 0 Å². The minimum absolute atomic E-state index is 0. The van der Waals surface area contributed by atoms with Crippen molar-refractivity contribution in [2.24, 2.45) is 0 Å². The largest absolute Gasteiger partial charge is 0.540 e. The Hall–Kier alpha value is 0.694. The Morgan fingerprint density at radius 3 is 2.29 bits per heavy atom. The maximum atomic E-state index is 11.0. The van der Waals surface area contributed by atoms with Crippen molar-refractivity contribution in [2.75, 3.05) is 27.2 Å². The molecule has 0 atom stereocenters. The van der Waals surface area contributed by atoms with Gasteiger partial charge in [0.2, 0.25) is 0 Å². The molecule has 1 aliphatic heterocycles. The molecule has 0 aromatic carbocycles. The van der Waals surface area contributed by atoms with Gasteiger partial charge in [-0.2, -0.15) is 6.92 Å². The molecule has 0 aromatic heterocycles. The van der Waals surface area contributed by atoms with Crippen molar-refractivity contribution in [2.45, 2.75) is 25.3 Å². The fourth-order valence-corrected chi connectivity index (χ4v) is 1.76. The fourth-order valence-electron chi connectivity index (χ4n) is 1.76. The van der Waals surface area contributed by atoms with Gasteiger partial charge in [0, 0.05) is 32.7 Å². The van der Waals surface area contributed by atoms with Crippen LogP contribution in [0.2, 0.25) is 0 Å². The van der Waals surface area contributed by atoms with Crippen molar-refractivity contribution < 1.29 is 37.5 Å². The molecule has 1 radical (unpaired) electrons. The van der Waals surface area contributed by atoms with Gasteiger partial charge in [-0.05, 0) is 40.0 Å². The van der Waals surface area contributed by atoms with Gasteiger partial charge in [-0.25, -0.2) is 6.29 Å². The molecule has 3 nitrogen and oxygen atoms in total. The van der Waals surface area contributed by atoms with Crippen LogP contribution in [0, 0.1) is 6.54 Å². The van der Waals surface area contributed by atoms with E-state index in [0.29, 0.717) is 0 Å². The summed E-state index contributed by atoms with van der Waals surface area (Å²) in [5, 5.41) is 0. The topological polar surface area (TPSA) is 23.6 Å². The number of likely N-dealkylation sites (N-methyl/N-ethyl adjacent to an activating group) is 1. The van der Waals surface area contributed by atoms with Crippen LogP contribution in [-0.4, -0.2) is 48.8 Å². The van der Waals surface area contributed by atoms with Crippen LogP contribution < -0.4 is 0 Å². The van der Waals surface area contributed by atoms with E-state index >= 15 is 0 Å². The van der Waals surface area contributed by atoms with Crippen LogP contribution in [0.3, 0.4) is 0 Å². The third kappa shape index (κ3) is 3.09. The van der Waals surface area contributed by atoms with Crippen molar-refractivity contribution in [3.05, 3.63) is 6.54 Å². The summed E-state index contributed by atoms with van der Waals surface area (Å²) in [4.78, 5) is 15.2. The van der Waals surface area contributed by atoms with Crippen LogP contribution in [0.1, 0.15) is 19.8 Å². The van der Waals surface area contributed by atoms with E-state index in [1.54, 1.807) is 0 Å². The maximum Gasteiger partial charge on any atom is 0 e. The quantitative estimate of drug-likeness (QED) is 0.705. The average molecular weight is 271 g/mol. The van der Waals surface area contributed by atoms with Crippen LogP contribution in [0.5, 0.6) is 0 Å². The molecule has 0 saturated carbocycles. The molecule has 4 heteroatoms. The summed E-state index contributed by atoms with van der Waals surface area (Å²) in [7, 11) is 4.04. The number of rotatable bonds is 3. The summed E-state index contributed by atoms with van der Waals surface area (Å²) >= 11 is 0. The SMILES string of the molecule is C[CH-]N(C)C1([C-]=O)CCN(C)CC1.[Y]. The van der Waals surface area contributed by atoms with E-state index < -0.39 is 0 Å². The normalized spacial score (nSPS) is 21.7. The summed E-state index contributed by atoms with van der Waals surface area (Å²) in [5.74, 6) is 0. The van der Waals surface area contributed by atoms with Gasteiger partial charge < -0.3 is 14.6 Å². The molecule has 0 amide bonds. The van der Waals surface area contributed by atoms with Gasteiger partial charge in [-0.3, -0.25) is 6.54 Å². The van der Waals surface area contributed by atoms with Crippen molar-refractivity contribution in [3.63, 3.8) is 0 Å². The first-order valence-corrected chi connectivity index (χ1v) is 4.75. The number of piperidine rings is 1. The van der Waals surface area contributed by atoms with Crippen molar-refractivity contribution >= 4 is 6.29 Å². The molecule has 79 valence electrons. The standard InChI is InChI=1S/C10H18N2O.Y/c1-4-12(3)10(9-13)5-7-11(2)8-6-10;/h4H,5-8H2,1-3H3;/q-2;. The number of hydrogen-bond acceptors (Lipinski definition) is 3. The number of carbonyl (C=O) groups excluding carboxylic acids is 1. The molecule has 1 heterocycles. The Morgan fingerprint density at radius 2 is 1.93 bits per heavy atom. The first-order valence-electron chi connectivity index (χ1n) is 4.75. The van der Waals surface area contributed by atoms with E-state index in [1.165, 1.54) is 0 Å². The molecular weight excluding hydrogens is 253 g/mol. The molecule has 1 rings (SSSR count). The van der Waals surface area contributed by atoms with E-state index in [-0.39, 0.29) is 38.2 Å². The third-order valence-electron chi connectivity index (χ3n) is 3.07. The third-order valence-corrected chi connectivity index (χ3v) is 3.07. The van der Waals surface area contributed by atoms with E-state index in [2.05, 4.69) is 18.2 Å². The van der Waals surface area contributed by atoms with Crippen molar-refractivity contribution in [3.8, 4) is 0 Å². The Morgan fingerprint density at radius 1 is 1.43 bits per heavy atom. The average Bonchev–Trinajstić information content (AvgIpc) is 2.18. The zero-order valence-electron chi connectivity index (χ0n) is 9.29. The molecule has 1 fully saturated rings. The van der Waals surface area contributed by atoms with Gasteiger partial charge in [0.15, 0.2) is 0 Å². The molecule has 1 saturated heterocycles. The maximum absolute atomic E-state index is 11.0. The zero-order chi connectivity index (χ0) is 9.90. The van der Waals surface area contributed by atoms with E-state index in [9.17, 15) is 4.79 Å². The van der Waals surface area contributed by atoms with E-state index in [4.69, 9.17) is 0 Å². The van der Waals surface area contributed by atoms with Crippen LogP contribution in [0.15, 0.2) is 0 Å². The van der Waals surface area contributed by atoms with Crippen LogP contribution in [0.25, 0.3) is 0 Å². The fraction of sp³-hybridized carbons (Fsp3) is 0.800. The second-order valence-corrected chi connectivity index (χ2v) is 3.81. The summed E-state index contributed by atoms with van der Waals surface area (Å²) in [6.45, 7) is 5.87. The van der Waals surface area contributed by atoms with E-state index in [1.807, 2.05) is 25.4 Å². The smallest absolute Gasteiger partial charge is 0 e. The Bertz CT molecular complexity index is 179. The Balaban J connectivity index is 0.00000169. The minimum Gasteiger partial charge on any atom is -0.540 e. The van der Waals surface area contributed by atoms with E-state index in [0.717, 1.165) is 25.9 Å². The minimum atomic E-state index is -0.360. The van der Waals surface area contributed by atoms with Gasteiger partial charge in [-0.15, -0.1) is 5.54 Å². The number of nitrogens with zero attached hydrogens (tertiary/aromatic N) is 2. The second kappa shape index (κ2) is 6.31.